The number of hydrogen-bond donors (Lipinski definition) is 2. The first-order valence-corrected chi connectivity index (χ1v) is 7.08. The van der Waals surface area contributed by atoms with E-state index >= 15 is 0 Å². The Hall–Kier alpha value is -1.55. The molecule has 0 saturated heterocycles. The second-order valence-corrected chi connectivity index (χ2v) is 5.39. The van der Waals surface area contributed by atoms with Crippen LogP contribution in [0.1, 0.15) is 36.8 Å². The molecule has 2 N–H and O–H groups in total. The van der Waals surface area contributed by atoms with E-state index in [-0.39, 0.29) is 11.8 Å². The number of alkyl halides is 1. The van der Waals surface area contributed by atoms with E-state index in [0.717, 1.165) is 42.5 Å². The van der Waals surface area contributed by atoms with Crippen LogP contribution >= 0.6 is 11.6 Å². The van der Waals surface area contributed by atoms with Crippen LogP contribution in [0.25, 0.3) is 0 Å². The maximum Gasteiger partial charge on any atom is 0.307 e. The zero-order valence-corrected chi connectivity index (χ0v) is 12.3. The van der Waals surface area contributed by atoms with E-state index in [2.05, 4.69) is 5.16 Å². The maximum atomic E-state index is 10.3. The first-order valence-electron chi connectivity index (χ1n) is 6.65. The average Bonchev–Trinajstić information content (AvgIpc) is 2.42. The van der Waals surface area contributed by atoms with Crippen molar-refractivity contribution in [2.24, 2.45) is 5.16 Å². The van der Waals surface area contributed by atoms with Crippen LogP contribution in [0.5, 0.6) is 0 Å². The molecule has 1 unspecified atom stereocenters. The monoisotopic (exact) mass is 297 g/mol. The lowest BCUT2D eigenvalue weighted by atomic mass is 9.98. The number of aliphatic carboxylic acids is 1. The van der Waals surface area contributed by atoms with Crippen molar-refractivity contribution in [2.75, 3.05) is 0 Å². The molecule has 1 aromatic rings. The Morgan fingerprint density at radius 3 is 2.45 bits per heavy atom. The van der Waals surface area contributed by atoms with Gasteiger partial charge in [0.15, 0.2) is 0 Å². The summed E-state index contributed by atoms with van der Waals surface area (Å²) < 4.78 is 0. The number of benzene rings is 1. The third-order valence-corrected chi connectivity index (χ3v) is 3.58. The van der Waals surface area contributed by atoms with Gasteiger partial charge < -0.3 is 10.3 Å². The predicted molar refractivity (Wildman–Crippen MR) is 79.8 cm³/mol. The van der Waals surface area contributed by atoms with Crippen LogP contribution in [0.3, 0.4) is 0 Å². The third kappa shape index (κ3) is 6.06. The normalized spacial score (nSPS) is 20.1. The summed E-state index contributed by atoms with van der Waals surface area (Å²) in [5.74, 6) is -0.783. The van der Waals surface area contributed by atoms with E-state index in [1.807, 2.05) is 31.2 Å². The van der Waals surface area contributed by atoms with E-state index in [4.69, 9.17) is 21.9 Å². The van der Waals surface area contributed by atoms with Crippen molar-refractivity contribution < 1.29 is 15.1 Å². The Balaban J connectivity index is 0.000000204. The molecule has 0 radical (unpaired) electrons. The summed E-state index contributed by atoms with van der Waals surface area (Å²) in [5.41, 5.74) is 2.75. The maximum absolute atomic E-state index is 10.3. The summed E-state index contributed by atoms with van der Waals surface area (Å²) in [6.45, 7) is 1.98. The lowest BCUT2D eigenvalue weighted by Gasteiger charge is -2.15. The van der Waals surface area contributed by atoms with Gasteiger partial charge in [-0.2, -0.15) is 0 Å². The molecule has 1 atom stereocenters. The summed E-state index contributed by atoms with van der Waals surface area (Å²) in [5, 5.41) is 19.9. The van der Waals surface area contributed by atoms with Gasteiger partial charge in [-0.25, -0.2) is 0 Å². The zero-order valence-electron chi connectivity index (χ0n) is 11.6. The molecule has 0 amide bonds. The molecule has 1 aliphatic carbocycles. The van der Waals surface area contributed by atoms with E-state index in [1.54, 1.807) is 0 Å². The number of rotatable bonds is 2. The van der Waals surface area contributed by atoms with Gasteiger partial charge in [0.2, 0.25) is 0 Å². The highest BCUT2D eigenvalue weighted by Gasteiger charge is 2.17. The Morgan fingerprint density at radius 1 is 1.35 bits per heavy atom. The zero-order chi connectivity index (χ0) is 15.0. The van der Waals surface area contributed by atoms with E-state index in [0.29, 0.717) is 0 Å². The molecule has 5 heteroatoms. The minimum atomic E-state index is -0.783. The summed E-state index contributed by atoms with van der Waals surface area (Å²) in [6, 6.07) is 7.50. The molecule has 2 rings (SSSR count). The number of oxime groups is 1. The van der Waals surface area contributed by atoms with Crippen molar-refractivity contribution >= 4 is 23.3 Å². The van der Waals surface area contributed by atoms with Crippen molar-refractivity contribution in [1.82, 2.24) is 0 Å². The first kappa shape index (κ1) is 16.5. The largest absolute Gasteiger partial charge is 0.481 e. The molecule has 1 fully saturated rings. The summed E-state index contributed by atoms with van der Waals surface area (Å²) in [6.07, 6.45) is 4.21. The van der Waals surface area contributed by atoms with Gasteiger partial charge in [-0.3, -0.25) is 4.79 Å². The van der Waals surface area contributed by atoms with Crippen molar-refractivity contribution in [3.8, 4) is 0 Å². The molecule has 0 bridgehead atoms. The van der Waals surface area contributed by atoms with Crippen molar-refractivity contribution in [3.63, 3.8) is 0 Å². The van der Waals surface area contributed by atoms with Crippen molar-refractivity contribution in [2.45, 2.75) is 44.4 Å². The molecule has 20 heavy (non-hydrogen) atoms. The molecule has 0 aliphatic heterocycles. The van der Waals surface area contributed by atoms with Crippen LogP contribution in [0.15, 0.2) is 29.4 Å². The van der Waals surface area contributed by atoms with Gasteiger partial charge in [-0.1, -0.05) is 41.4 Å². The second kappa shape index (κ2) is 8.59. The Morgan fingerprint density at radius 2 is 2.00 bits per heavy atom. The number of halogens is 1. The van der Waals surface area contributed by atoms with Gasteiger partial charge in [-0.05, 0) is 31.7 Å². The van der Waals surface area contributed by atoms with Gasteiger partial charge in [0.25, 0.3) is 0 Å². The molecule has 0 spiro atoms. The molecular formula is C15H20ClNO3. The van der Waals surface area contributed by atoms with Crippen LogP contribution < -0.4 is 0 Å². The van der Waals surface area contributed by atoms with Crippen molar-refractivity contribution in [1.29, 1.82) is 0 Å². The molecule has 110 valence electrons. The topological polar surface area (TPSA) is 69.9 Å². The average molecular weight is 298 g/mol. The summed E-state index contributed by atoms with van der Waals surface area (Å²) in [4.78, 5) is 10.3. The van der Waals surface area contributed by atoms with E-state index in [9.17, 15) is 4.79 Å². The SMILES string of the molecule is Cc1ccc(CC(=O)O)cc1.O/N=C1/CCCCC1Cl. The minimum Gasteiger partial charge on any atom is -0.481 e. The van der Waals surface area contributed by atoms with E-state index < -0.39 is 5.97 Å². The molecule has 1 saturated carbocycles. The fourth-order valence-corrected chi connectivity index (χ4v) is 2.25. The van der Waals surface area contributed by atoms with Gasteiger partial charge >= 0.3 is 5.97 Å². The Kier molecular flexibility index (Phi) is 7.09. The van der Waals surface area contributed by atoms with E-state index in [1.165, 1.54) is 0 Å². The minimum absolute atomic E-state index is 0.0104. The summed E-state index contributed by atoms with van der Waals surface area (Å²) >= 11 is 5.79. The molecule has 1 aromatic carbocycles. The van der Waals surface area contributed by atoms with Gasteiger partial charge in [0, 0.05) is 0 Å². The van der Waals surface area contributed by atoms with Gasteiger partial charge in [-0.15, -0.1) is 11.6 Å². The highest BCUT2D eigenvalue weighted by atomic mass is 35.5. The number of carboxylic acids is 1. The predicted octanol–water partition coefficient (Wildman–Crippen LogP) is 3.62. The van der Waals surface area contributed by atoms with Crippen LogP contribution in [-0.2, 0) is 11.2 Å². The number of aryl methyl sites for hydroxylation is 1. The smallest absolute Gasteiger partial charge is 0.307 e. The fraction of sp³-hybridized carbons (Fsp3) is 0.467. The van der Waals surface area contributed by atoms with Crippen LogP contribution in [-0.4, -0.2) is 27.4 Å². The van der Waals surface area contributed by atoms with Gasteiger partial charge in [0.1, 0.15) is 0 Å². The van der Waals surface area contributed by atoms with Crippen molar-refractivity contribution in [3.05, 3.63) is 35.4 Å². The molecule has 0 aromatic heterocycles. The number of carboxylic acid groups (broad SMARTS) is 1. The fourth-order valence-electron chi connectivity index (χ4n) is 1.95. The number of nitrogens with zero attached hydrogens (tertiary/aromatic N) is 1. The van der Waals surface area contributed by atoms with Crippen LogP contribution in [0, 0.1) is 6.92 Å². The first-order chi connectivity index (χ1) is 9.52. The molecule has 4 nitrogen and oxygen atoms in total. The lowest BCUT2D eigenvalue weighted by Crippen LogP contribution is -2.18. The molecular weight excluding hydrogens is 278 g/mol. The Labute approximate surface area is 124 Å². The Bertz CT molecular complexity index is 457. The highest BCUT2D eigenvalue weighted by molar-refractivity contribution is 6.32. The highest BCUT2D eigenvalue weighted by Crippen LogP contribution is 2.19. The number of hydrogen-bond acceptors (Lipinski definition) is 3. The second-order valence-electron chi connectivity index (χ2n) is 4.86. The standard InChI is InChI=1S/C9H10O2.C6H10ClNO/c1-7-2-4-8(5-3-7)6-9(10)11;7-5-3-1-2-4-6(5)8-9/h2-5H,6H2,1H3,(H,10,11);5,9H,1-4H2/b;8-6-. The lowest BCUT2D eigenvalue weighted by molar-refractivity contribution is -0.136. The summed E-state index contributed by atoms with van der Waals surface area (Å²) in [7, 11) is 0. The van der Waals surface area contributed by atoms with Crippen LogP contribution in [0.2, 0.25) is 0 Å². The number of carbonyl (C=O) groups is 1. The van der Waals surface area contributed by atoms with Crippen LogP contribution in [0.4, 0.5) is 0 Å². The quantitative estimate of drug-likeness (QED) is 0.497. The molecule has 0 heterocycles. The molecule has 1 aliphatic rings. The third-order valence-electron chi connectivity index (χ3n) is 3.11. The van der Waals surface area contributed by atoms with Gasteiger partial charge in [0.05, 0.1) is 17.5 Å².